The van der Waals surface area contributed by atoms with Crippen molar-refractivity contribution in [1.29, 1.82) is 0 Å². The van der Waals surface area contributed by atoms with E-state index in [0.717, 1.165) is 12.1 Å². The second-order valence-corrected chi connectivity index (χ2v) is 11.5. The van der Waals surface area contributed by atoms with Gasteiger partial charge in [-0.1, -0.05) is 0 Å². The summed E-state index contributed by atoms with van der Waals surface area (Å²) in [5, 5.41) is 13.5. The number of benzene rings is 1. The Kier molecular flexibility index (Phi) is 9.14. The minimum Gasteiger partial charge on any atom is -0.494 e. The number of rotatable bonds is 11. The summed E-state index contributed by atoms with van der Waals surface area (Å²) < 4.78 is 69.2. The van der Waals surface area contributed by atoms with E-state index in [1.54, 1.807) is 21.9 Å². The van der Waals surface area contributed by atoms with Gasteiger partial charge in [-0.05, 0) is 51.3 Å². The second kappa shape index (κ2) is 12.7. The number of nitrogens with one attached hydrogen (secondary N) is 1. The maximum Gasteiger partial charge on any atom is 0.265 e. The van der Waals surface area contributed by atoms with Crippen LogP contribution < -0.4 is 20.7 Å². The summed E-state index contributed by atoms with van der Waals surface area (Å²) in [5.74, 6) is -1.31. The number of imidazole rings is 1. The van der Waals surface area contributed by atoms with Crippen molar-refractivity contribution in [2.45, 2.75) is 64.0 Å². The average Bonchev–Trinajstić information content (AvgIpc) is 3.41. The molecule has 2 atom stereocenters. The van der Waals surface area contributed by atoms with Crippen LogP contribution in [0.1, 0.15) is 39.2 Å². The molecular formula is C30H36F4N8O3. The number of aliphatic hydroxyl groups excluding tert-OH is 1. The van der Waals surface area contributed by atoms with Crippen molar-refractivity contribution in [2.75, 3.05) is 37.0 Å². The zero-order valence-electron chi connectivity index (χ0n) is 25.4. The van der Waals surface area contributed by atoms with Crippen LogP contribution in [-0.4, -0.2) is 80.2 Å². The van der Waals surface area contributed by atoms with Crippen LogP contribution >= 0.6 is 0 Å². The number of nitrogens with zero attached hydrogens (tertiary/aromatic N) is 6. The van der Waals surface area contributed by atoms with Crippen molar-refractivity contribution < 1.29 is 32.1 Å². The van der Waals surface area contributed by atoms with Crippen LogP contribution in [0.2, 0.25) is 0 Å². The van der Waals surface area contributed by atoms with Gasteiger partial charge >= 0.3 is 0 Å². The lowest BCUT2D eigenvalue weighted by molar-refractivity contribution is -0.0529. The normalized spacial score (nSPS) is 18.1. The monoisotopic (exact) mass is 632 g/mol. The Morgan fingerprint density at radius 2 is 1.91 bits per heavy atom. The zero-order valence-corrected chi connectivity index (χ0v) is 25.4. The van der Waals surface area contributed by atoms with E-state index in [1.807, 2.05) is 20.8 Å². The molecule has 242 valence electrons. The fourth-order valence-corrected chi connectivity index (χ4v) is 5.69. The maximum atomic E-state index is 15.1. The highest BCUT2D eigenvalue weighted by Gasteiger charge is 2.43. The maximum absolute atomic E-state index is 15.1. The molecule has 1 aromatic carbocycles. The number of piperidine rings is 1. The molecule has 4 heterocycles. The van der Waals surface area contributed by atoms with E-state index < -0.39 is 35.4 Å². The number of aliphatic hydroxyl groups is 1. The van der Waals surface area contributed by atoms with Crippen LogP contribution in [0.5, 0.6) is 5.75 Å². The Morgan fingerprint density at radius 3 is 2.62 bits per heavy atom. The van der Waals surface area contributed by atoms with E-state index in [4.69, 9.17) is 15.2 Å². The Morgan fingerprint density at radius 1 is 1.13 bits per heavy atom. The predicted molar refractivity (Wildman–Crippen MR) is 160 cm³/mol. The summed E-state index contributed by atoms with van der Waals surface area (Å²) >= 11 is 0. The van der Waals surface area contributed by atoms with Gasteiger partial charge in [0.15, 0.2) is 28.5 Å². The molecule has 4 aromatic rings. The van der Waals surface area contributed by atoms with Gasteiger partial charge < -0.3 is 35.1 Å². The predicted octanol–water partition coefficient (Wildman–Crippen LogP) is 4.33. The molecule has 0 bridgehead atoms. The molecule has 1 fully saturated rings. The van der Waals surface area contributed by atoms with Gasteiger partial charge in [-0.2, -0.15) is 0 Å². The molecule has 4 N–H and O–H groups in total. The van der Waals surface area contributed by atoms with Gasteiger partial charge in [0.05, 0.1) is 43.1 Å². The third kappa shape index (κ3) is 6.65. The van der Waals surface area contributed by atoms with E-state index in [1.165, 1.54) is 19.6 Å². The Hall–Kier alpha value is -4.08. The van der Waals surface area contributed by atoms with E-state index in [0.29, 0.717) is 47.8 Å². The van der Waals surface area contributed by atoms with Gasteiger partial charge in [0.25, 0.3) is 6.43 Å². The number of pyridine rings is 1. The first-order valence-electron chi connectivity index (χ1n) is 14.5. The molecular weight excluding hydrogens is 596 g/mol. The van der Waals surface area contributed by atoms with Gasteiger partial charge in [-0.3, -0.25) is 4.98 Å². The van der Waals surface area contributed by atoms with Crippen LogP contribution in [0.25, 0.3) is 22.4 Å². The van der Waals surface area contributed by atoms with Gasteiger partial charge in [0.1, 0.15) is 24.0 Å². The minimum atomic E-state index is -3.02. The van der Waals surface area contributed by atoms with E-state index >= 15 is 4.39 Å². The number of ether oxygens (including phenoxy) is 2. The number of nitrogens with two attached hydrogens (primary N) is 1. The largest absolute Gasteiger partial charge is 0.494 e. The molecule has 15 heteroatoms. The standard InChI is InChI=1S/C30H36F4N8O3/c1-5-45-29(2,3)40-27-24-28(38-15-37-27)42(16-39-24)13-17-9-21(18-10-20(32)23(44-4)11-19(18)31)36-12-22(17)41-8-6-7-30(35,14-41)25(43)26(33)34/h9-12,15-16,25-26,43H,5-8,13-14,35H2,1-4H3,(H,37,38,40)/t25-,30-/m1/s1. The summed E-state index contributed by atoms with van der Waals surface area (Å²) in [6.07, 6.45) is 0.00890. The Bertz CT molecular complexity index is 1670. The van der Waals surface area contributed by atoms with Crippen molar-refractivity contribution in [1.82, 2.24) is 24.5 Å². The summed E-state index contributed by atoms with van der Waals surface area (Å²) in [6.45, 7) is 6.57. The Balaban J connectivity index is 1.58. The second-order valence-electron chi connectivity index (χ2n) is 11.5. The molecule has 1 aliphatic heterocycles. The SMILES string of the molecule is CCOC(C)(C)Nc1ncnc2c1ncn2Cc1cc(-c2cc(F)c(OC)cc2F)ncc1N1CCC[C@](N)([C@H](O)C(F)F)C1. The van der Waals surface area contributed by atoms with Crippen LogP contribution in [0.15, 0.2) is 37.1 Å². The van der Waals surface area contributed by atoms with E-state index in [2.05, 4.69) is 25.3 Å². The fraction of sp³-hybridized carbons (Fsp3) is 0.467. The number of hydrogen-bond donors (Lipinski definition) is 3. The molecule has 45 heavy (non-hydrogen) atoms. The van der Waals surface area contributed by atoms with Crippen LogP contribution in [-0.2, 0) is 11.3 Å². The third-order valence-corrected chi connectivity index (χ3v) is 7.87. The number of methoxy groups -OCH3 is 1. The molecule has 1 saturated heterocycles. The van der Waals surface area contributed by atoms with Crippen molar-refractivity contribution in [3.63, 3.8) is 0 Å². The number of anilines is 2. The van der Waals surface area contributed by atoms with Crippen LogP contribution in [0.3, 0.4) is 0 Å². The molecule has 0 amide bonds. The van der Waals surface area contributed by atoms with Crippen molar-refractivity contribution in [3.8, 4) is 17.0 Å². The summed E-state index contributed by atoms with van der Waals surface area (Å²) in [5.41, 5.74) is 6.10. The smallest absolute Gasteiger partial charge is 0.265 e. The van der Waals surface area contributed by atoms with Crippen molar-refractivity contribution in [3.05, 3.63) is 54.2 Å². The number of alkyl halides is 2. The van der Waals surface area contributed by atoms with Crippen molar-refractivity contribution in [2.24, 2.45) is 5.73 Å². The van der Waals surface area contributed by atoms with Crippen LogP contribution in [0.4, 0.5) is 29.1 Å². The van der Waals surface area contributed by atoms with Gasteiger partial charge in [-0.15, -0.1) is 0 Å². The Labute approximate surface area is 257 Å². The first-order chi connectivity index (χ1) is 21.4. The van der Waals surface area contributed by atoms with E-state index in [-0.39, 0.29) is 36.5 Å². The molecule has 0 spiro atoms. The summed E-state index contributed by atoms with van der Waals surface area (Å²) in [6, 6.07) is 3.54. The minimum absolute atomic E-state index is 0.0779. The zero-order chi connectivity index (χ0) is 32.5. The highest BCUT2D eigenvalue weighted by atomic mass is 19.3. The van der Waals surface area contributed by atoms with E-state index in [9.17, 15) is 18.3 Å². The summed E-state index contributed by atoms with van der Waals surface area (Å²) in [4.78, 5) is 19.5. The lowest BCUT2D eigenvalue weighted by atomic mass is 9.84. The molecule has 1 aliphatic rings. The molecule has 0 unspecified atom stereocenters. The average molecular weight is 633 g/mol. The first kappa shape index (κ1) is 32.3. The molecule has 0 radical (unpaired) electrons. The number of hydrogen-bond acceptors (Lipinski definition) is 10. The number of aromatic nitrogens is 5. The number of halogens is 4. The van der Waals surface area contributed by atoms with Crippen molar-refractivity contribution >= 4 is 22.7 Å². The van der Waals surface area contributed by atoms with Gasteiger partial charge in [0, 0.05) is 31.3 Å². The molecule has 3 aromatic heterocycles. The molecule has 0 aliphatic carbocycles. The van der Waals surface area contributed by atoms with Gasteiger partial charge in [-0.25, -0.2) is 32.5 Å². The summed E-state index contributed by atoms with van der Waals surface area (Å²) in [7, 11) is 1.24. The lowest BCUT2D eigenvalue weighted by Crippen LogP contribution is -2.63. The highest BCUT2D eigenvalue weighted by molar-refractivity contribution is 5.83. The third-order valence-electron chi connectivity index (χ3n) is 7.87. The molecule has 11 nitrogen and oxygen atoms in total. The fourth-order valence-electron chi connectivity index (χ4n) is 5.69. The topological polar surface area (TPSA) is 136 Å². The highest BCUT2D eigenvalue weighted by Crippen LogP contribution is 2.35. The quantitative estimate of drug-likeness (QED) is 0.162. The lowest BCUT2D eigenvalue weighted by Gasteiger charge is -2.44. The molecule has 5 rings (SSSR count). The number of fused-ring (bicyclic) bond motifs is 1. The van der Waals surface area contributed by atoms with Gasteiger partial charge in [0.2, 0.25) is 0 Å². The first-order valence-corrected chi connectivity index (χ1v) is 14.5. The van der Waals surface area contributed by atoms with Crippen LogP contribution in [0, 0.1) is 11.6 Å². The molecule has 0 saturated carbocycles.